The van der Waals surface area contributed by atoms with E-state index in [1.54, 1.807) is 4.90 Å². The van der Waals surface area contributed by atoms with Gasteiger partial charge in [0.25, 0.3) is 5.91 Å². The summed E-state index contributed by atoms with van der Waals surface area (Å²) in [7, 11) is 2.10. The first kappa shape index (κ1) is 18.1. The molecule has 0 aromatic heterocycles. The molecule has 7 heteroatoms. The van der Waals surface area contributed by atoms with Crippen LogP contribution < -0.4 is 10.6 Å². The van der Waals surface area contributed by atoms with Crippen molar-refractivity contribution < 1.29 is 14.4 Å². The molecule has 0 radical (unpaired) electrons. The van der Waals surface area contributed by atoms with Crippen LogP contribution in [0.5, 0.6) is 0 Å². The zero-order valence-corrected chi connectivity index (χ0v) is 15.7. The third-order valence-electron chi connectivity index (χ3n) is 5.74. The number of hydrogen-bond donors (Lipinski definition) is 2. The van der Waals surface area contributed by atoms with Crippen molar-refractivity contribution in [3.8, 4) is 0 Å². The van der Waals surface area contributed by atoms with Gasteiger partial charge < -0.3 is 15.1 Å². The van der Waals surface area contributed by atoms with E-state index >= 15 is 0 Å². The molecule has 0 saturated carbocycles. The highest BCUT2D eigenvalue weighted by molar-refractivity contribution is 6.05. The van der Waals surface area contributed by atoms with E-state index in [1.165, 1.54) is 12.8 Å². The van der Waals surface area contributed by atoms with E-state index < -0.39 is 6.04 Å². The molecule has 3 heterocycles. The molecule has 0 spiro atoms. The van der Waals surface area contributed by atoms with Crippen LogP contribution in [0, 0.1) is 0 Å². The molecule has 4 rings (SSSR count). The molecular weight excluding hydrogens is 344 g/mol. The number of nitrogens with one attached hydrogen (secondary N) is 2. The fourth-order valence-corrected chi connectivity index (χ4v) is 4.37. The summed E-state index contributed by atoms with van der Waals surface area (Å²) in [5, 5.41) is 5.85. The summed E-state index contributed by atoms with van der Waals surface area (Å²) in [6, 6.07) is 6.02. The van der Waals surface area contributed by atoms with E-state index in [2.05, 4.69) is 28.6 Å². The smallest absolute Gasteiger partial charge is 0.255 e. The maximum atomic E-state index is 12.9. The SMILES string of the molecule is CN(Cc1ccc2c(c1)C(=O)N(C1CCC(=O)NC1=O)C2)C[C@H]1CCCN1. The molecule has 0 aliphatic carbocycles. The van der Waals surface area contributed by atoms with Crippen LogP contribution in [0.15, 0.2) is 18.2 Å². The first-order valence-electron chi connectivity index (χ1n) is 9.69. The van der Waals surface area contributed by atoms with Crippen LogP contribution in [-0.2, 0) is 22.7 Å². The molecule has 3 aliphatic heterocycles. The third-order valence-corrected chi connectivity index (χ3v) is 5.74. The lowest BCUT2D eigenvalue weighted by Gasteiger charge is -2.29. The summed E-state index contributed by atoms with van der Waals surface area (Å²) in [4.78, 5) is 40.2. The zero-order valence-electron chi connectivity index (χ0n) is 15.7. The topological polar surface area (TPSA) is 81.8 Å². The van der Waals surface area contributed by atoms with Gasteiger partial charge in [0, 0.05) is 37.7 Å². The van der Waals surface area contributed by atoms with E-state index in [-0.39, 0.29) is 24.1 Å². The van der Waals surface area contributed by atoms with E-state index in [9.17, 15) is 14.4 Å². The maximum Gasteiger partial charge on any atom is 0.255 e. The summed E-state index contributed by atoms with van der Waals surface area (Å²) in [6.45, 7) is 3.31. The summed E-state index contributed by atoms with van der Waals surface area (Å²) in [5.41, 5.74) is 2.74. The molecule has 144 valence electrons. The van der Waals surface area contributed by atoms with E-state index in [0.717, 1.165) is 30.8 Å². The van der Waals surface area contributed by atoms with Gasteiger partial charge >= 0.3 is 0 Å². The van der Waals surface area contributed by atoms with Gasteiger partial charge in [-0.05, 0) is 50.0 Å². The number of imide groups is 1. The fourth-order valence-electron chi connectivity index (χ4n) is 4.37. The van der Waals surface area contributed by atoms with Gasteiger partial charge in [-0.3, -0.25) is 19.7 Å². The number of rotatable bonds is 5. The molecule has 2 saturated heterocycles. The molecule has 2 N–H and O–H groups in total. The van der Waals surface area contributed by atoms with Gasteiger partial charge in [-0.2, -0.15) is 0 Å². The average Bonchev–Trinajstić information content (AvgIpc) is 3.24. The lowest BCUT2D eigenvalue weighted by molar-refractivity contribution is -0.136. The Kier molecular flexibility index (Phi) is 4.97. The predicted octanol–water partition coefficient (Wildman–Crippen LogP) is 0.631. The molecule has 2 fully saturated rings. The predicted molar refractivity (Wildman–Crippen MR) is 99.8 cm³/mol. The van der Waals surface area contributed by atoms with E-state index in [4.69, 9.17) is 0 Å². The van der Waals surface area contributed by atoms with Crippen molar-refractivity contribution >= 4 is 17.7 Å². The van der Waals surface area contributed by atoms with Crippen LogP contribution in [-0.4, -0.2) is 59.7 Å². The molecule has 0 bridgehead atoms. The Morgan fingerprint density at radius 3 is 2.81 bits per heavy atom. The Hall–Kier alpha value is -2.25. The van der Waals surface area contributed by atoms with Crippen LogP contribution in [0.25, 0.3) is 0 Å². The van der Waals surface area contributed by atoms with E-state index in [0.29, 0.717) is 24.6 Å². The number of piperidine rings is 1. The summed E-state index contributed by atoms with van der Waals surface area (Å²) < 4.78 is 0. The zero-order chi connectivity index (χ0) is 19.0. The van der Waals surface area contributed by atoms with Crippen LogP contribution >= 0.6 is 0 Å². The fraction of sp³-hybridized carbons (Fsp3) is 0.550. The van der Waals surface area contributed by atoms with Gasteiger partial charge in [0.1, 0.15) is 6.04 Å². The highest BCUT2D eigenvalue weighted by Crippen LogP contribution is 2.28. The van der Waals surface area contributed by atoms with Gasteiger partial charge in [0.2, 0.25) is 11.8 Å². The number of likely N-dealkylation sites (N-methyl/N-ethyl adjacent to an activating group) is 1. The second kappa shape index (κ2) is 7.40. The molecule has 1 aromatic rings. The minimum absolute atomic E-state index is 0.110. The number of benzene rings is 1. The molecule has 2 atom stereocenters. The van der Waals surface area contributed by atoms with E-state index in [1.807, 2.05) is 12.1 Å². The Bertz CT molecular complexity index is 772. The summed E-state index contributed by atoms with van der Waals surface area (Å²) in [6.07, 6.45) is 3.13. The van der Waals surface area contributed by atoms with Gasteiger partial charge in [0.05, 0.1) is 0 Å². The molecule has 27 heavy (non-hydrogen) atoms. The Morgan fingerprint density at radius 2 is 2.07 bits per heavy atom. The number of carbonyl (C=O) groups excluding carboxylic acids is 3. The van der Waals surface area contributed by atoms with Crippen molar-refractivity contribution in [1.29, 1.82) is 0 Å². The Labute approximate surface area is 159 Å². The van der Waals surface area contributed by atoms with Crippen LogP contribution in [0.1, 0.15) is 47.2 Å². The monoisotopic (exact) mass is 370 g/mol. The maximum absolute atomic E-state index is 12.9. The van der Waals surface area contributed by atoms with Crippen molar-refractivity contribution in [2.24, 2.45) is 0 Å². The van der Waals surface area contributed by atoms with Crippen molar-refractivity contribution in [1.82, 2.24) is 20.4 Å². The highest BCUT2D eigenvalue weighted by atomic mass is 16.2. The lowest BCUT2D eigenvalue weighted by atomic mass is 10.0. The van der Waals surface area contributed by atoms with Gasteiger partial charge in [-0.15, -0.1) is 0 Å². The molecule has 3 aliphatic rings. The molecular formula is C20H26N4O3. The number of carbonyl (C=O) groups is 3. The van der Waals surface area contributed by atoms with Gasteiger partial charge in [0.15, 0.2) is 0 Å². The quantitative estimate of drug-likeness (QED) is 0.743. The Morgan fingerprint density at radius 1 is 1.22 bits per heavy atom. The van der Waals surface area contributed by atoms with Gasteiger partial charge in [-0.25, -0.2) is 0 Å². The second-order valence-electron chi connectivity index (χ2n) is 7.88. The Balaban J connectivity index is 1.43. The first-order valence-corrected chi connectivity index (χ1v) is 9.69. The van der Waals surface area contributed by atoms with Crippen molar-refractivity contribution in [3.63, 3.8) is 0 Å². The number of hydrogen-bond acceptors (Lipinski definition) is 5. The molecule has 3 amide bonds. The molecule has 1 unspecified atom stereocenters. The molecule has 1 aromatic carbocycles. The van der Waals surface area contributed by atoms with Crippen molar-refractivity contribution in [2.75, 3.05) is 20.1 Å². The number of fused-ring (bicyclic) bond motifs is 1. The normalized spacial score (nSPS) is 25.3. The van der Waals surface area contributed by atoms with Crippen molar-refractivity contribution in [3.05, 3.63) is 34.9 Å². The third kappa shape index (κ3) is 3.75. The minimum atomic E-state index is -0.554. The highest BCUT2D eigenvalue weighted by Gasteiger charge is 2.39. The van der Waals surface area contributed by atoms with Crippen LogP contribution in [0.4, 0.5) is 0 Å². The first-order chi connectivity index (χ1) is 13.0. The minimum Gasteiger partial charge on any atom is -0.322 e. The number of nitrogens with zero attached hydrogens (tertiary/aromatic N) is 2. The van der Waals surface area contributed by atoms with Crippen LogP contribution in [0.3, 0.4) is 0 Å². The lowest BCUT2D eigenvalue weighted by Crippen LogP contribution is -2.52. The van der Waals surface area contributed by atoms with Crippen molar-refractivity contribution in [2.45, 2.75) is 50.9 Å². The summed E-state index contributed by atoms with van der Waals surface area (Å²) in [5.74, 6) is -0.736. The molecule has 7 nitrogen and oxygen atoms in total. The standard InChI is InChI=1S/C20H26N4O3/c1-23(12-15-3-2-8-21-15)10-13-4-5-14-11-24(20(27)16(14)9-13)17-6-7-18(25)22-19(17)26/h4-5,9,15,17,21H,2-3,6-8,10-12H2,1H3,(H,22,25,26)/t15-,17?/m1/s1. The summed E-state index contributed by atoms with van der Waals surface area (Å²) >= 11 is 0. The van der Waals surface area contributed by atoms with Gasteiger partial charge in [-0.1, -0.05) is 12.1 Å². The second-order valence-corrected chi connectivity index (χ2v) is 7.88. The van der Waals surface area contributed by atoms with Crippen LogP contribution in [0.2, 0.25) is 0 Å². The largest absolute Gasteiger partial charge is 0.322 e. The average molecular weight is 370 g/mol. The number of amides is 3.